The van der Waals surface area contributed by atoms with Gasteiger partial charge in [-0.15, -0.1) is 0 Å². The fourth-order valence-corrected chi connectivity index (χ4v) is 2.27. The van der Waals surface area contributed by atoms with Crippen LogP contribution in [0.2, 0.25) is 0 Å². The fraction of sp³-hybridized carbons (Fsp3) is 0.714. The second-order valence-corrected chi connectivity index (χ2v) is 6.22. The Bertz CT molecular complexity index is 442. The number of nitrogens with two attached hydrogens (primary N) is 1. The van der Waals surface area contributed by atoms with E-state index in [9.17, 15) is 0 Å². The SMILES string of the molecule is CCc1nc(NN)c(C)c(NCC(C)(C)CN(C)C)n1. The van der Waals surface area contributed by atoms with Crippen molar-refractivity contribution < 1.29 is 0 Å². The number of hydrogen-bond acceptors (Lipinski definition) is 6. The zero-order chi connectivity index (χ0) is 15.3. The van der Waals surface area contributed by atoms with E-state index in [1.807, 2.05) is 13.8 Å². The molecule has 0 amide bonds. The normalized spacial score (nSPS) is 11.8. The number of hydrogen-bond donors (Lipinski definition) is 3. The Morgan fingerprint density at radius 1 is 1.20 bits per heavy atom. The van der Waals surface area contributed by atoms with Gasteiger partial charge in [0, 0.05) is 25.1 Å². The first-order valence-electron chi connectivity index (χ1n) is 7.02. The number of nitrogens with one attached hydrogen (secondary N) is 2. The van der Waals surface area contributed by atoms with Gasteiger partial charge in [0.05, 0.1) is 0 Å². The molecule has 0 saturated carbocycles. The molecule has 0 atom stereocenters. The summed E-state index contributed by atoms with van der Waals surface area (Å²) >= 11 is 0. The van der Waals surface area contributed by atoms with E-state index in [1.54, 1.807) is 0 Å². The third-order valence-electron chi connectivity index (χ3n) is 3.12. The van der Waals surface area contributed by atoms with E-state index < -0.39 is 0 Å². The van der Waals surface area contributed by atoms with Crippen molar-refractivity contribution in [2.24, 2.45) is 11.3 Å². The van der Waals surface area contributed by atoms with Gasteiger partial charge in [-0.2, -0.15) is 0 Å². The van der Waals surface area contributed by atoms with Gasteiger partial charge in [-0.25, -0.2) is 15.8 Å². The van der Waals surface area contributed by atoms with Crippen LogP contribution in [-0.2, 0) is 6.42 Å². The van der Waals surface area contributed by atoms with Gasteiger partial charge in [0.1, 0.15) is 17.5 Å². The molecular formula is C14H28N6. The van der Waals surface area contributed by atoms with Gasteiger partial charge in [-0.3, -0.25) is 0 Å². The zero-order valence-corrected chi connectivity index (χ0v) is 13.5. The Labute approximate surface area is 122 Å². The molecule has 0 fully saturated rings. The Kier molecular flexibility index (Phi) is 5.71. The topological polar surface area (TPSA) is 79.1 Å². The highest BCUT2D eigenvalue weighted by atomic mass is 15.3. The molecule has 0 aliphatic rings. The molecule has 0 aliphatic carbocycles. The molecule has 0 bridgehead atoms. The summed E-state index contributed by atoms with van der Waals surface area (Å²) in [4.78, 5) is 11.1. The minimum atomic E-state index is 0.156. The van der Waals surface area contributed by atoms with Crippen molar-refractivity contribution in [3.05, 3.63) is 11.4 Å². The molecule has 1 aromatic rings. The quantitative estimate of drug-likeness (QED) is 0.520. The molecule has 1 heterocycles. The largest absolute Gasteiger partial charge is 0.369 e. The lowest BCUT2D eigenvalue weighted by atomic mass is 9.93. The molecule has 4 N–H and O–H groups in total. The van der Waals surface area contributed by atoms with Crippen LogP contribution in [0.5, 0.6) is 0 Å². The molecule has 20 heavy (non-hydrogen) atoms. The van der Waals surface area contributed by atoms with E-state index in [2.05, 4.69) is 53.6 Å². The molecule has 0 unspecified atom stereocenters. The third-order valence-corrected chi connectivity index (χ3v) is 3.12. The Balaban J connectivity index is 2.86. The monoisotopic (exact) mass is 280 g/mol. The van der Waals surface area contributed by atoms with Crippen molar-refractivity contribution >= 4 is 11.6 Å². The summed E-state index contributed by atoms with van der Waals surface area (Å²) < 4.78 is 0. The first-order chi connectivity index (χ1) is 9.29. The molecule has 1 aromatic heterocycles. The van der Waals surface area contributed by atoms with Gasteiger partial charge in [0.25, 0.3) is 0 Å². The Hall–Kier alpha value is -1.40. The minimum Gasteiger partial charge on any atom is -0.369 e. The minimum absolute atomic E-state index is 0.156. The van der Waals surface area contributed by atoms with Crippen LogP contribution >= 0.6 is 0 Å². The number of nitrogen functional groups attached to an aromatic ring is 1. The maximum absolute atomic E-state index is 5.52. The maximum atomic E-state index is 5.52. The molecule has 6 heteroatoms. The summed E-state index contributed by atoms with van der Waals surface area (Å²) in [6.45, 7) is 10.3. The number of anilines is 2. The van der Waals surface area contributed by atoms with Crippen molar-refractivity contribution in [2.75, 3.05) is 37.9 Å². The van der Waals surface area contributed by atoms with E-state index in [1.165, 1.54) is 0 Å². The number of aromatic nitrogens is 2. The van der Waals surface area contributed by atoms with Gasteiger partial charge >= 0.3 is 0 Å². The van der Waals surface area contributed by atoms with E-state index in [0.717, 1.165) is 36.7 Å². The Morgan fingerprint density at radius 3 is 2.30 bits per heavy atom. The van der Waals surface area contributed by atoms with E-state index in [0.29, 0.717) is 5.82 Å². The average molecular weight is 280 g/mol. The van der Waals surface area contributed by atoms with Crippen LogP contribution in [0, 0.1) is 12.3 Å². The average Bonchev–Trinajstić information content (AvgIpc) is 2.36. The molecule has 114 valence electrons. The van der Waals surface area contributed by atoms with Crippen molar-refractivity contribution in [3.8, 4) is 0 Å². The summed E-state index contributed by atoms with van der Waals surface area (Å²) in [7, 11) is 4.17. The lowest BCUT2D eigenvalue weighted by Gasteiger charge is -2.29. The summed E-state index contributed by atoms with van der Waals surface area (Å²) in [6, 6.07) is 0. The predicted octanol–water partition coefficient (Wildman–Crippen LogP) is 1.63. The van der Waals surface area contributed by atoms with Gasteiger partial charge in [-0.1, -0.05) is 20.8 Å². The lowest BCUT2D eigenvalue weighted by Crippen LogP contribution is -2.34. The first kappa shape index (κ1) is 16.7. The van der Waals surface area contributed by atoms with Crippen LogP contribution in [0.15, 0.2) is 0 Å². The van der Waals surface area contributed by atoms with Crippen LogP contribution in [-0.4, -0.2) is 42.1 Å². The van der Waals surface area contributed by atoms with Crippen LogP contribution in [0.25, 0.3) is 0 Å². The lowest BCUT2D eigenvalue weighted by molar-refractivity contribution is 0.254. The van der Waals surface area contributed by atoms with Gasteiger partial charge in [-0.05, 0) is 26.4 Å². The molecule has 1 rings (SSSR count). The second-order valence-electron chi connectivity index (χ2n) is 6.22. The van der Waals surface area contributed by atoms with E-state index in [-0.39, 0.29) is 5.41 Å². The molecule has 0 saturated heterocycles. The first-order valence-corrected chi connectivity index (χ1v) is 7.02. The van der Waals surface area contributed by atoms with Crippen molar-refractivity contribution in [1.82, 2.24) is 14.9 Å². The highest BCUT2D eigenvalue weighted by Gasteiger charge is 2.20. The van der Waals surface area contributed by atoms with Gasteiger partial charge in [0.2, 0.25) is 0 Å². The molecule has 0 spiro atoms. The van der Waals surface area contributed by atoms with Gasteiger partial charge in [0.15, 0.2) is 0 Å². The molecular weight excluding hydrogens is 252 g/mol. The number of hydrazine groups is 1. The van der Waals surface area contributed by atoms with Crippen LogP contribution < -0.4 is 16.6 Å². The summed E-state index contributed by atoms with van der Waals surface area (Å²) in [6.07, 6.45) is 0.782. The number of rotatable bonds is 7. The summed E-state index contributed by atoms with van der Waals surface area (Å²) in [5.41, 5.74) is 3.75. The van der Waals surface area contributed by atoms with Crippen molar-refractivity contribution in [3.63, 3.8) is 0 Å². The molecule has 0 aliphatic heterocycles. The smallest absolute Gasteiger partial charge is 0.148 e. The second kappa shape index (κ2) is 6.85. The van der Waals surface area contributed by atoms with Crippen molar-refractivity contribution in [2.45, 2.75) is 34.1 Å². The van der Waals surface area contributed by atoms with E-state index >= 15 is 0 Å². The highest BCUT2D eigenvalue weighted by Crippen LogP contribution is 2.22. The molecule has 6 nitrogen and oxygen atoms in total. The maximum Gasteiger partial charge on any atom is 0.148 e. The molecule has 0 aromatic carbocycles. The van der Waals surface area contributed by atoms with Crippen molar-refractivity contribution in [1.29, 1.82) is 0 Å². The summed E-state index contributed by atoms with van der Waals surface area (Å²) in [5.74, 6) is 7.85. The number of aryl methyl sites for hydroxylation is 1. The third kappa shape index (κ3) is 4.61. The Morgan fingerprint density at radius 2 is 1.80 bits per heavy atom. The van der Waals surface area contributed by atoms with Crippen LogP contribution in [0.4, 0.5) is 11.6 Å². The highest BCUT2D eigenvalue weighted by molar-refractivity contribution is 5.56. The predicted molar refractivity (Wildman–Crippen MR) is 84.8 cm³/mol. The molecule has 0 radical (unpaired) electrons. The number of nitrogens with zero attached hydrogens (tertiary/aromatic N) is 3. The van der Waals surface area contributed by atoms with E-state index in [4.69, 9.17) is 5.84 Å². The van der Waals surface area contributed by atoms with Gasteiger partial charge < -0.3 is 15.6 Å². The van der Waals surface area contributed by atoms with Crippen LogP contribution in [0.3, 0.4) is 0 Å². The summed E-state index contributed by atoms with van der Waals surface area (Å²) in [5, 5.41) is 3.43. The fourth-order valence-electron chi connectivity index (χ4n) is 2.27. The van der Waals surface area contributed by atoms with Crippen LogP contribution in [0.1, 0.15) is 32.2 Å². The zero-order valence-electron chi connectivity index (χ0n) is 13.5. The standard InChI is InChI=1S/C14H28N6/c1-7-11-17-12(10(2)13(18-11)19-15)16-8-14(3,4)9-20(5)6/h7-9,15H2,1-6H3,(H2,16,17,18,19).